The molecule has 150 valence electrons. The topological polar surface area (TPSA) is 57.7 Å². The first-order valence-corrected chi connectivity index (χ1v) is 10.8. The van der Waals surface area contributed by atoms with E-state index in [9.17, 15) is 17.6 Å². The van der Waals surface area contributed by atoms with E-state index in [2.05, 4.69) is 0 Å². The van der Waals surface area contributed by atoms with Crippen LogP contribution in [-0.4, -0.2) is 38.9 Å². The van der Waals surface area contributed by atoms with Gasteiger partial charge in [0.15, 0.2) is 0 Å². The standard InChI is InChI=1S/C21H25FN2O3S/c1-16-7-11-19(12-8-16)24(15-21(25)23(2)18-5-3-4-6-18)28(26,27)20-13-9-17(22)10-14-20/h7-14,18H,3-6,15H2,1-2H3. The average molecular weight is 405 g/mol. The highest BCUT2D eigenvalue weighted by Crippen LogP contribution is 2.26. The molecule has 5 nitrogen and oxygen atoms in total. The van der Waals surface area contributed by atoms with E-state index in [0.717, 1.165) is 47.7 Å². The van der Waals surface area contributed by atoms with Crippen LogP contribution in [0.5, 0.6) is 0 Å². The monoisotopic (exact) mass is 404 g/mol. The number of halogens is 1. The van der Waals surface area contributed by atoms with Crippen LogP contribution in [0.15, 0.2) is 53.4 Å². The summed E-state index contributed by atoms with van der Waals surface area (Å²) in [5.41, 5.74) is 1.39. The lowest BCUT2D eigenvalue weighted by atomic mass is 10.2. The Morgan fingerprint density at radius 3 is 2.18 bits per heavy atom. The zero-order valence-corrected chi connectivity index (χ0v) is 17.0. The lowest BCUT2D eigenvalue weighted by molar-refractivity contribution is -0.130. The van der Waals surface area contributed by atoms with Gasteiger partial charge in [0.1, 0.15) is 12.4 Å². The number of benzene rings is 2. The molecule has 0 saturated heterocycles. The lowest BCUT2D eigenvalue weighted by Gasteiger charge is -2.29. The molecule has 1 aliphatic carbocycles. The summed E-state index contributed by atoms with van der Waals surface area (Å²) in [6.07, 6.45) is 4.05. The maximum Gasteiger partial charge on any atom is 0.264 e. The molecule has 0 aliphatic heterocycles. The fourth-order valence-corrected chi connectivity index (χ4v) is 4.90. The third kappa shape index (κ3) is 4.35. The summed E-state index contributed by atoms with van der Waals surface area (Å²) >= 11 is 0. The molecule has 1 amide bonds. The van der Waals surface area contributed by atoms with E-state index in [-0.39, 0.29) is 23.4 Å². The molecule has 0 radical (unpaired) electrons. The van der Waals surface area contributed by atoms with Crippen molar-refractivity contribution in [3.8, 4) is 0 Å². The SMILES string of the molecule is Cc1ccc(N(CC(=O)N(C)C2CCCC2)S(=O)(=O)c2ccc(F)cc2)cc1. The summed E-state index contributed by atoms with van der Waals surface area (Å²) in [5.74, 6) is -0.768. The van der Waals surface area contributed by atoms with Gasteiger partial charge in [0.25, 0.3) is 10.0 Å². The highest BCUT2D eigenvalue weighted by atomic mass is 32.2. The summed E-state index contributed by atoms with van der Waals surface area (Å²) in [6.45, 7) is 1.61. The Morgan fingerprint density at radius 2 is 1.61 bits per heavy atom. The zero-order valence-electron chi connectivity index (χ0n) is 16.1. The number of nitrogens with zero attached hydrogens (tertiary/aromatic N) is 2. The summed E-state index contributed by atoms with van der Waals surface area (Å²) < 4.78 is 40.8. The minimum absolute atomic E-state index is 0.0502. The van der Waals surface area contributed by atoms with Crippen LogP contribution in [0.3, 0.4) is 0 Å². The van der Waals surface area contributed by atoms with Crippen LogP contribution in [0.2, 0.25) is 0 Å². The van der Waals surface area contributed by atoms with Crippen molar-refractivity contribution in [2.75, 3.05) is 17.9 Å². The molecular formula is C21H25FN2O3S. The van der Waals surface area contributed by atoms with Gasteiger partial charge in [-0.3, -0.25) is 9.10 Å². The normalized spacial score (nSPS) is 14.8. The zero-order chi connectivity index (χ0) is 20.3. The highest BCUT2D eigenvalue weighted by Gasteiger charge is 2.30. The van der Waals surface area contributed by atoms with Gasteiger partial charge >= 0.3 is 0 Å². The number of amides is 1. The molecule has 0 unspecified atom stereocenters. The largest absolute Gasteiger partial charge is 0.341 e. The molecule has 1 saturated carbocycles. The molecule has 1 fully saturated rings. The van der Waals surface area contributed by atoms with Crippen LogP contribution in [0, 0.1) is 12.7 Å². The lowest BCUT2D eigenvalue weighted by Crippen LogP contribution is -2.44. The molecule has 0 heterocycles. The number of likely N-dealkylation sites (N-methyl/N-ethyl adjacent to an activating group) is 1. The van der Waals surface area contributed by atoms with Crippen molar-refractivity contribution in [2.24, 2.45) is 0 Å². The molecule has 0 atom stereocenters. The number of rotatable bonds is 6. The van der Waals surface area contributed by atoms with Gasteiger partial charge in [0, 0.05) is 13.1 Å². The number of carbonyl (C=O) groups excluding carboxylic acids is 1. The second-order valence-corrected chi connectivity index (χ2v) is 9.11. The maximum absolute atomic E-state index is 13.3. The molecule has 0 spiro atoms. The van der Waals surface area contributed by atoms with E-state index in [1.807, 2.05) is 6.92 Å². The second kappa shape index (κ2) is 8.31. The number of sulfonamides is 1. The quantitative estimate of drug-likeness (QED) is 0.737. The number of hydrogen-bond donors (Lipinski definition) is 0. The first-order chi connectivity index (χ1) is 13.3. The van der Waals surface area contributed by atoms with E-state index < -0.39 is 15.8 Å². The molecule has 28 heavy (non-hydrogen) atoms. The van der Waals surface area contributed by atoms with Gasteiger partial charge in [-0.25, -0.2) is 12.8 Å². The number of anilines is 1. The summed E-state index contributed by atoms with van der Waals surface area (Å²) in [7, 11) is -2.28. The van der Waals surface area contributed by atoms with E-state index in [4.69, 9.17) is 0 Å². The van der Waals surface area contributed by atoms with Gasteiger partial charge in [0.05, 0.1) is 10.6 Å². The van der Waals surface area contributed by atoms with E-state index in [1.54, 1.807) is 36.2 Å². The third-order valence-corrected chi connectivity index (χ3v) is 7.06. The Labute approximate surface area is 165 Å². The van der Waals surface area contributed by atoms with Crippen molar-refractivity contribution in [1.29, 1.82) is 0 Å². The van der Waals surface area contributed by atoms with Crippen LogP contribution in [0.1, 0.15) is 31.2 Å². The van der Waals surface area contributed by atoms with Crippen molar-refractivity contribution in [3.63, 3.8) is 0 Å². The van der Waals surface area contributed by atoms with Crippen molar-refractivity contribution in [2.45, 2.75) is 43.5 Å². The molecule has 0 bridgehead atoms. The Kier molecular flexibility index (Phi) is 6.03. The minimum atomic E-state index is -4.02. The molecule has 0 aromatic heterocycles. The van der Waals surface area contributed by atoms with Crippen molar-refractivity contribution in [1.82, 2.24) is 4.90 Å². The first kappa shape index (κ1) is 20.3. The van der Waals surface area contributed by atoms with Crippen molar-refractivity contribution < 1.29 is 17.6 Å². The van der Waals surface area contributed by atoms with Gasteiger partial charge in [-0.1, -0.05) is 30.5 Å². The van der Waals surface area contributed by atoms with Gasteiger partial charge in [-0.15, -0.1) is 0 Å². The Hall–Kier alpha value is -2.41. The summed E-state index contributed by atoms with van der Waals surface area (Å²) in [6, 6.07) is 11.8. The molecule has 1 aliphatic rings. The third-order valence-electron chi connectivity index (χ3n) is 5.27. The summed E-state index contributed by atoms with van der Waals surface area (Å²) in [4.78, 5) is 14.5. The minimum Gasteiger partial charge on any atom is -0.341 e. The molecule has 2 aromatic carbocycles. The van der Waals surface area contributed by atoms with Gasteiger partial charge in [-0.05, 0) is 56.2 Å². The number of aryl methyl sites for hydroxylation is 1. The summed E-state index contributed by atoms with van der Waals surface area (Å²) in [5, 5.41) is 0. The van der Waals surface area contributed by atoms with E-state index in [0.29, 0.717) is 5.69 Å². The Morgan fingerprint density at radius 1 is 1.04 bits per heavy atom. The van der Waals surface area contributed by atoms with Crippen LogP contribution in [0.25, 0.3) is 0 Å². The molecule has 0 N–H and O–H groups in total. The predicted molar refractivity (Wildman–Crippen MR) is 107 cm³/mol. The van der Waals surface area contributed by atoms with Gasteiger partial charge in [-0.2, -0.15) is 0 Å². The van der Waals surface area contributed by atoms with Gasteiger partial charge in [0.2, 0.25) is 5.91 Å². The second-order valence-electron chi connectivity index (χ2n) is 7.24. The fraction of sp³-hybridized carbons (Fsp3) is 0.381. The first-order valence-electron chi connectivity index (χ1n) is 9.39. The molecule has 7 heteroatoms. The van der Waals surface area contributed by atoms with E-state index >= 15 is 0 Å². The Balaban J connectivity index is 1.94. The predicted octanol–water partition coefficient (Wildman–Crippen LogP) is 3.73. The fourth-order valence-electron chi connectivity index (χ4n) is 3.49. The Bertz CT molecular complexity index is 921. The number of carbonyl (C=O) groups is 1. The van der Waals surface area contributed by atoms with Crippen LogP contribution in [0.4, 0.5) is 10.1 Å². The van der Waals surface area contributed by atoms with Crippen LogP contribution in [-0.2, 0) is 14.8 Å². The van der Waals surface area contributed by atoms with Gasteiger partial charge < -0.3 is 4.90 Å². The smallest absolute Gasteiger partial charge is 0.264 e. The van der Waals surface area contributed by atoms with Crippen molar-refractivity contribution in [3.05, 3.63) is 59.9 Å². The molecular weight excluding hydrogens is 379 g/mol. The highest BCUT2D eigenvalue weighted by molar-refractivity contribution is 7.92. The average Bonchev–Trinajstić information content (AvgIpc) is 3.21. The van der Waals surface area contributed by atoms with Crippen LogP contribution < -0.4 is 4.31 Å². The van der Waals surface area contributed by atoms with Crippen LogP contribution >= 0.6 is 0 Å². The molecule has 3 rings (SSSR count). The molecule has 2 aromatic rings. The van der Waals surface area contributed by atoms with Crippen molar-refractivity contribution >= 4 is 21.6 Å². The maximum atomic E-state index is 13.3. The van der Waals surface area contributed by atoms with E-state index in [1.165, 1.54) is 12.1 Å². The number of hydrogen-bond acceptors (Lipinski definition) is 3.